The molecule has 0 aromatic heterocycles. The van der Waals surface area contributed by atoms with Crippen LogP contribution in [0.25, 0.3) is 11.1 Å². The van der Waals surface area contributed by atoms with Crippen LogP contribution in [0.3, 0.4) is 0 Å². The molecule has 2 aromatic rings. The second-order valence-corrected chi connectivity index (χ2v) is 4.33. The SMILES string of the molecule is COCOc1ccccc1-c1ccc(CCO)c(F)c1. The molecular formula is C16H17FO3. The molecule has 106 valence electrons. The Morgan fingerprint density at radius 2 is 1.95 bits per heavy atom. The average molecular weight is 276 g/mol. The van der Waals surface area contributed by atoms with E-state index < -0.39 is 0 Å². The van der Waals surface area contributed by atoms with Crippen LogP contribution in [0, 0.1) is 5.82 Å². The normalized spacial score (nSPS) is 10.6. The molecule has 0 bridgehead atoms. The van der Waals surface area contributed by atoms with Gasteiger partial charge in [-0.05, 0) is 29.7 Å². The first-order valence-corrected chi connectivity index (χ1v) is 6.36. The molecule has 2 aromatic carbocycles. The maximum atomic E-state index is 13.9. The lowest BCUT2D eigenvalue weighted by Crippen LogP contribution is -2.00. The highest BCUT2D eigenvalue weighted by Gasteiger charge is 2.09. The molecule has 1 N–H and O–H groups in total. The molecule has 0 saturated carbocycles. The van der Waals surface area contributed by atoms with Crippen LogP contribution in [0.2, 0.25) is 0 Å². The van der Waals surface area contributed by atoms with Gasteiger partial charge in [-0.3, -0.25) is 0 Å². The van der Waals surface area contributed by atoms with Gasteiger partial charge in [-0.1, -0.05) is 30.3 Å². The van der Waals surface area contributed by atoms with Gasteiger partial charge in [0.25, 0.3) is 0 Å². The highest BCUT2D eigenvalue weighted by atomic mass is 19.1. The lowest BCUT2D eigenvalue weighted by Gasteiger charge is -2.11. The Morgan fingerprint density at radius 3 is 2.65 bits per heavy atom. The van der Waals surface area contributed by atoms with Crippen molar-refractivity contribution in [3.05, 3.63) is 53.8 Å². The van der Waals surface area contributed by atoms with E-state index in [1.54, 1.807) is 13.2 Å². The summed E-state index contributed by atoms with van der Waals surface area (Å²) in [6.45, 7) is 0.0753. The summed E-state index contributed by atoms with van der Waals surface area (Å²) in [4.78, 5) is 0. The van der Waals surface area contributed by atoms with E-state index in [4.69, 9.17) is 14.6 Å². The van der Waals surface area contributed by atoms with E-state index in [9.17, 15) is 4.39 Å². The maximum Gasteiger partial charge on any atom is 0.188 e. The van der Waals surface area contributed by atoms with Crippen LogP contribution in [0.5, 0.6) is 5.75 Å². The molecule has 0 atom stereocenters. The van der Waals surface area contributed by atoms with Crippen molar-refractivity contribution in [1.29, 1.82) is 0 Å². The van der Waals surface area contributed by atoms with Crippen molar-refractivity contribution in [2.75, 3.05) is 20.5 Å². The van der Waals surface area contributed by atoms with Crippen molar-refractivity contribution < 1.29 is 19.0 Å². The summed E-state index contributed by atoms with van der Waals surface area (Å²) in [6, 6.07) is 12.4. The second-order valence-electron chi connectivity index (χ2n) is 4.33. The highest BCUT2D eigenvalue weighted by molar-refractivity contribution is 5.70. The van der Waals surface area contributed by atoms with Crippen LogP contribution < -0.4 is 4.74 Å². The Morgan fingerprint density at radius 1 is 1.15 bits per heavy atom. The molecule has 0 aliphatic rings. The lowest BCUT2D eigenvalue weighted by molar-refractivity contribution is 0.0515. The third-order valence-electron chi connectivity index (χ3n) is 2.96. The van der Waals surface area contributed by atoms with E-state index in [0.717, 1.165) is 11.1 Å². The topological polar surface area (TPSA) is 38.7 Å². The number of rotatable bonds is 6. The van der Waals surface area contributed by atoms with Crippen LogP contribution in [-0.4, -0.2) is 25.6 Å². The Labute approximate surface area is 117 Å². The molecule has 0 aliphatic carbocycles. The Balaban J connectivity index is 2.33. The number of benzene rings is 2. The predicted octanol–water partition coefficient (Wildman–Crippen LogP) is 3.01. The third-order valence-corrected chi connectivity index (χ3v) is 2.96. The second kappa shape index (κ2) is 7.03. The van der Waals surface area contributed by atoms with Gasteiger partial charge in [0.05, 0.1) is 0 Å². The zero-order valence-electron chi connectivity index (χ0n) is 11.3. The molecule has 0 radical (unpaired) electrons. The smallest absolute Gasteiger partial charge is 0.188 e. The first kappa shape index (κ1) is 14.5. The van der Waals surface area contributed by atoms with Crippen molar-refractivity contribution in [3.8, 4) is 16.9 Å². The van der Waals surface area contributed by atoms with Gasteiger partial charge in [0.1, 0.15) is 11.6 Å². The fraction of sp³-hybridized carbons (Fsp3) is 0.250. The molecular weight excluding hydrogens is 259 g/mol. The fourth-order valence-corrected chi connectivity index (χ4v) is 1.99. The monoisotopic (exact) mass is 276 g/mol. The minimum absolute atomic E-state index is 0.0657. The van der Waals surface area contributed by atoms with Crippen LogP contribution >= 0.6 is 0 Å². The van der Waals surface area contributed by atoms with E-state index in [0.29, 0.717) is 17.7 Å². The summed E-state index contributed by atoms with van der Waals surface area (Å²) in [5.74, 6) is 0.321. The first-order chi connectivity index (χ1) is 9.76. The van der Waals surface area contributed by atoms with Gasteiger partial charge in [0.15, 0.2) is 6.79 Å². The van der Waals surface area contributed by atoms with Crippen molar-refractivity contribution in [2.45, 2.75) is 6.42 Å². The van der Waals surface area contributed by atoms with Crippen molar-refractivity contribution >= 4 is 0 Å². The molecule has 2 rings (SSSR count). The molecule has 0 aliphatic heterocycles. The summed E-state index contributed by atoms with van der Waals surface area (Å²) < 4.78 is 24.3. The number of hydrogen-bond acceptors (Lipinski definition) is 3. The van der Waals surface area contributed by atoms with Crippen molar-refractivity contribution in [2.24, 2.45) is 0 Å². The minimum atomic E-state index is -0.321. The van der Waals surface area contributed by atoms with Gasteiger partial charge >= 0.3 is 0 Å². The van der Waals surface area contributed by atoms with Crippen LogP contribution in [0.1, 0.15) is 5.56 Å². The van der Waals surface area contributed by atoms with Gasteiger partial charge in [-0.25, -0.2) is 4.39 Å². The number of aliphatic hydroxyl groups is 1. The van der Waals surface area contributed by atoms with E-state index >= 15 is 0 Å². The van der Waals surface area contributed by atoms with Crippen LogP contribution in [0.15, 0.2) is 42.5 Å². The van der Waals surface area contributed by atoms with E-state index in [1.165, 1.54) is 6.07 Å². The number of methoxy groups -OCH3 is 1. The number of hydrogen-bond donors (Lipinski definition) is 1. The van der Waals surface area contributed by atoms with E-state index in [2.05, 4.69) is 0 Å². The highest BCUT2D eigenvalue weighted by Crippen LogP contribution is 2.30. The van der Waals surface area contributed by atoms with Crippen molar-refractivity contribution in [1.82, 2.24) is 0 Å². The summed E-state index contributed by atoms with van der Waals surface area (Å²) in [5, 5.41) is 8.87. The van der Waals surface area contributed by atoms with Gasteiger partial charge in [0, 0.05) is 19.3 Å². The number of halogens is 1. The van der Waals surface area contributed by atoms with Crippen molar-refractivity contribution in [3.63, 3.8) is 0 Å². The summed E-state index contributed by atoms with van der Waals surface area (Å²) in [5.41, 5.74) is 2.04. The summed E-state index contributed by atoms with van der Waals surface area (Å²) >= 11 is 0. The molecule has 0 fully saturated rings. The molecule has 0 saturated heterocycles. The summed E-state index contributed by atoms with van der Waals surface area (Å²) in [6.07, 6.45) is 0.313. The molecule has 0 amide bonds. The van der Waals surface area contributed by atoms with Gasteiger partial charge in [-0.2, -0.15) is 0 Å². The largest absolute Gasteiger partial charge is 0.467 e. The van der Waals surface area contributed by atoms with Gasteiger partial charge < -0.3 is 14.6 Å². The molecule has 4 heteroatoms. The van der Waals surface area contributed by atoms with Crippen LogP contribution in [-0.2, 0) is 11.2 Å². The quantitative estimate of drug-likeness (QED) is 0.824. The lowest BCUT2D eigenvalue weighted by atomic mass is 10.0. The Kier molecular flexibility index (Phi) is 5.09. The third kappa shape index (κ3) is 3.35. The molecule has 0 unspecified atom stereocenters. The standard InChI is InChI=1S/C16H17FO3/c1-19-11-20-16-5-3-2-4-14(16)13-7-6-12(8-9-18)15(17)10-13/h2-7,10,18H,8-9,11H2,1H3. The molecule has 0 spiro atoms. The zero-order valence-corrected chi connectivity index (χ0v) is 11.3. The van der Waals surface area contributed by atoms with Crippen LogP contribution in [0.4, 0.5) is 4.39 Å². The zero-order chi connectivity index (χ0) is 14.4. The van der Waals surface area contributed by atoms with E-state index in [1.807, 2.05) is 30.3 Å². The summed E-state index contributed by atoms with van der Waals surface area (Å²) in [7, 11) is 1.55. The van der Waals surface area contributed by atoms with E-state index in [-0.39, 0.29) is 19.2 Å². The number of ether oxygens (including phenoxy) is 2. The predicted molar refractivity (Wildman–Crippen MR) is 75.1 cm³/mol. The van der Waals surface area contributed by atoms with Gasteiger partial charge in [-0.15, -0.1) is 0 Å². The molecule has 0 heterocycles. The molecule has 3 nitrogen and oxygen atoms in total. The Hall–Kier alpha value is -1.91. The molecule has 20 heavy (non-hydrogen) atoms. The maximum absolute atomic E-state index is 13.9. The minimum Gasteiger partial charge on any atom is -0.467 e. The number of para-hydroxylation sites is 1. The number of aliphatic hydroxyl groups excluding tert-OH is 1. The fourth-order valence-electron chi connectivity index (χ4n) is 1.99. The van der Waals surface area contributed by atoms with Gasteiger partial charge in [0.2, 0.25) is 0 Å². The average Bonchev–Trinajstić information content (AvgIpc) is 2.48. The first-order valence-electron chi connectivity index (χ1n) is 6.36. The Bertz CT molecular complexity index is 569.